The molecule has 1 aromatic heterocycles. The fraction of sp³-hybridized carbons (Fsp3) is 0.600. The first-order valence-corrected chi connectivity index (χ1v) is 7.81. The number of halogens is 1. The fourth-order valence-electron chi connectivity index (χ4n) is 1.63. The third-order valence-electron chi connectivity index (χ3n) is 2.43. The average Bonchev–Trinajstić information content (AvgIpc) is 2.78. The molecule has 0 spiro atoms. The van der Waals surface area contributed by atoms with Crippen LogP contribution >= 0.6 is 35.1 Å². The second-order valence-corrected chi connectivity index (χ2v) is 5.82. The van der Waals surface area contributed by atoms with Crippen molar-refractivity contribution in [2.24, 2.45) is 0 Å². The number of hydrogen-bond acceptors (Lipinski definition) is 5. The van der Waals surface area contributed by atoms with Crippen molar-refractivity contribution in [2.45, 2.75) is 29.1 Å². The molecular formula is C10H14ClN3S2. The molecule has 0 aromatic carbocycles. The number of hydrogen-bond donors (Lipinski definition) is 1. The summed E-state index contributed by atoms with van der Waals surface area (Å²) in [6.45, 7) is 1.14. The first-order valence-electron chi connectivity index (χ1n) is 5.22. The maximum atomic E-state index is 5.93. The molecule has 88 valence electrons. The molecule has 1 fully saturated rings. The first-order chi connectivity index (χ1) is 7.78. The van der Waals surface area contributed by atoms with E-state index in [0.29, 0.717) is 11.2 Å². The summed E-state index contributed by atoms with van der Waals surface area (Å²) in [5, 5.41) is 5.71. The predicted octanol–water partition coefficient (Wildman–Crippen LogP) is 2.70. The Morgan fingerprint density at radius 1 is 1.56 bits per heavy atom. The van der Waals surface area contributed by atoms with Crippen molar-refractivity contribution in [1.29, 1.82) is 0 Å². The van der Waals surface area contributed by atoms with E-state index in [-0.39, 0.29) is 0 Å². The summed E-state index contributed by atoms with van der Waals surface area (Å²) in [7, 11) is 0. The third-order valence-corrected chi connectivity index (χ3v) is 4.24. The third kappa shape index (κ3) is 3.52. The van der Waals surface area contributed by atoms with Crippen LogP contribution < -0.4 is 5.32 Å². The van der Waals surface area contributed by atoms with Crippen LogP contribution in [0.2, 0.25) is 5.15 Å². The van der Waals surface area contributed by atoms with E-state index in [9.17, 15) is 0 Å². The lowest BCUT2D eigenvalue weighted by atomic mass is 10.3. The van der Waals surface area contributed by atoms with Crippen LogP contribution in [-0.4, -0.2) is 34.6 Å². The Morgan fingerprint density at radius 3 is 3.12 bits per heavy atom. The normalized spacial score (nSPS) is 20.2. The van der Waals surface area contributed by atoms with Gasteiger partial charge in [0.15, 0.2) is 5.16 Å². The van der Waals surface area contributed by atoms with Crippen molar-refractivity contribution >= 4 is 35.1 Å². The number of rotatable bonds is 4. The van der Waals surface area contributed by atoms with Crippen LogP contribution in [0.1, 0.15) is 12.8 Å². The van der Waals surface area contributed by atoms with Crippen molar-refractivity contribution in [3.05, 3.63) is 11.2 Å². The highest BCUT2D eigenvalue weighted by atomic mass is 35.5. The molecule has 0 bridgehead atoms. The van der Waals surface area contributed by atoms with Gasteiger partial charge in [-0.2, -0.15) is 0 Å². The lowest BCUT2D eigenvalue weighted by molar-refractivity contribution is 0.673. The zero-order chi connectivity index (χ0) is 11.4. The van der Waals surface area contributed by atoms with Crippen LogP contribution in [0.15, 0.2) is 16.2 Å². The molecule has 1 saturated heterocycles. The molecule has 0 amide bonds. The minimum Gasteiger partial charge on any atom is -0.313 e. The Balaban J connectivity index is 1.94. The van der Waals surface area contributed by atoms with Crippen molar-refractivity contribution in [3.8, 4) is 0 Å². The smallest absolute Gasteiger partial charge is 0.189 e. The van der Waals surface area contributed by atoms with E-state index < -0.39 is 0 Å². The lowest BCUT2D eigenvalue weighted by Crippen LogP contribution is -2.23. The maximum absolute atomic E-state index is 5.93. The molecule has 1 N–H and O–H groups in total. The largest absolute Gasteiger partial charge is 0.313 e. The fourth-order valence-corrected chi connectivity index (χ4v) is 3.36. The highest BCUT2D eigenvalue weighted by Gasteiger charge is 2.14. The van der Waals surface area contributed by atoms with Gasteiger partial charge in [0.05, 0.1) is 0 Å². The van der Waals surface area contributed by atoms with Gasteiger partial charge in [-0.25, -0.2) is 9.97 Å². The zero-order valence-corrected chi connectivity index (χ0v) is 11.5. The molecule has 0 aliphatic carbocycles. The zero-order valence-electron chi connectivity index (χ0n) is 9.07. The van der Waals surface area contributed by atoms with E-state index in [1.54, 1.807) is 11.8 Å². The number of nitrogens with one attached hydrogen (secondary N) is 1. The van der Waals surface area contributed by atoms with Gasteiger partial charge in [0.25, 0.3) is 0 Å². The van der Waals surface area contributed by atoms with Crippen LogP contribution in [0.25, 0.3) is 0 Å². The van der Waals surface area contributed by atoms with Gasteiger partial charge in [0, 0.05) is 17.9 Å². The van der Waals surface area contributed by atoms with Crippen LogP contribution in [0.3, 0.4) is 0 Å². The van der Waals surface area contributed by atoms with E-state index in [0.717, 1.165) is 22.5 Å². The summed E-state index contributed by atoms with van der Waals surface area (Å²) in [5.74, 6) is 1.06. The van der Waals surface area contributed by atoms with Gasteiger partial charge in [0.1, 0.15) is 10.2 Å². The molecule has 3 nitrogen and oxygen atoms in total. The summed E-state index contributed by atoms with van der Waals surface area (Å²) in [4.78, 5) is 8.54. The van der Waals surface area contributed by atoms with Crippen molar-refractivity contribution in [2.75, 3.05) is 18.6 Å². The molecule has 2 rings (SSSR count). The van der Waals surface area contributed by atoms with Gasteiger partial charge >= 0.3 is 0 Å². The Morgan fingerprint density at radius 2 is 2.44 bits per heavy atom. The van der Waals surface area contributed by atoms with Crippen LogP contribution in [0.5, 0.6) is 0 Å². The van der Waals surface area contributed by atoms with Crippen molar-refractivity contribution in [1.82, 2.24) is 15.3 Å². The lowest BCUT2D eigenvalue weighted by Gasteiger charge is -2.09. The van der Waals surface area contributed by atoms with Gasteiger partial charge < -0.3 is 5.32 Å². The molecule has 1 aliphatic heterocycles. The molecule has 1 aliphatic rings. The average molecular weight is 276 g/mol. The van der Waals surface area contributed by atoms with Gasteiger partial charge in [-0.15, -0.1) is 11.8 Å². The van der Waals surface area contributed by atoms with Gasteiger partial charge in [0.2, 0.25) is 0 Å². The molecule has 16 heavy (non-hydrogen) atoms. The highest BCUT2D eigenvalue weighted by Crippen LogP contribution is 2.23. The standard InChI is InChI=1S/C10H14ClN3S2/c1-15-10-13-8(11)5-9(14-10)16-6-7-3-2-4-12-7/h5,7,12H,2-4,6H2,1H3/t7-/m1/s1. The van der Waals surface area contributed by atoms with Crippen LogP contribution in [0, 0.1) is 0 Å². The Bertz CT molecular complexity index is 356. The number of nitrogens with zero attached hydrogens (tertiary/aromatic N) is 2. The molecule has 0 unspecified atom stereocenters. The SMILES string of the molecule is CSc1nc(Cl)cc(SC[C@H]2CCCN2)n1. The Hall–Kier alpha value is 0.0300. The van der Waals surface area contributed by atoms with Crippen LogP contribution in [-0.2, 0) is 0 Å². The van der Waals surface area contributed by atoms with Gasteiger partial charge in [-0.05, 0) is 25.6 Å². The quantitative estimate of drug-likeness (QED) is 0.520. The van der Waals surface area contributed by atoms with Crippen molar-refractivity contribution in [3.63, 3.8) is 0 Å². The predicted molar refractivity (Wildman–Crippen MR) is 70.6 cm³/mol. The molecule has 1 atom stereocenters. The molecule has 6 heteroatoms. The summed E-state index contributed by atoms with van der Waals surface area (Å²) in [5.41, 5.74) is 0. The summed E-state index contributed by atoms with van der Waals surface area (Å²) >= 11 is 9.20. The minimum absolute atomic E-state index is 0.529. The summed E-state index contributed by atoms with van der Waals surface area (Å²) in [6.07, 6.45) is 4.51. The van der Waals surface area contributed by atoms with Crippen molar-refractivity contribution < 1.29 is 0 Å². The summed E-state index contributed by atoms with van der Waals surface area (Å²) < 4.78 is 0. The maximum Gasteiger partial charge on any atom is 0.189 e. The summed E-state index contributed by atoms with van der Waals surface area (Å²) in [6, 6.07) is 2.46. The number of aromatic nitrogens is 2. The highest BCUT2D eigenvalue weighted by molar-refractivity contribution is 7.99. The van der Waals surface area contributed by atoms with Crippen LogP contribution in [0.4, 0.5) is 0 Å². The first kappa shape index (κ1) is 12.5. The molecular weight excluding hydrogens is 262 g/mol. The van der Waals surface area contributed by atoms with E-state index in [1.807, 2.05) is 12.3 Å². The van der Waals surface area contributed by atoms with E-state index in [2.05, 4.69) is 15.3 Å². The molecule has 0 saturated carbocycles. The van der Waals surface area contributed by atoms with Gasteiger partial charge in [-0.1, -0.05) is 23.4 Å². The number of thioether (sulfide) groups is 2. The second-order valence-electron chi connectivity index (χ2n) is 3.62. The van der Waals surface area contributed by atoms with E-state index in [1.165, 1.54) is 24.6 Å². The van der Waals surface area contributed by atoms with E-state index in [4.69, 9.17) is 11.6 Å². The monoisotopic (exact) mass is 275 g/mol. The minimum atomic E-state index is 0.529. The Labute approximate surface area is 109 Å². The molecule has 1 aromatic rings. The topological polar surface area (TPSA) is 37.8 Å². The molecule has 0 radical (unpaired) electrons. The molecule has 2 heterocycles. The van der Waals surface area contributed by atoms with E-state index >= 15 is 0 Å². The van der Waals surface area contributed by atoms with Gasteiger partial charge in [-0.3, -0.25) is 0 Å². The second kappa shape index (κ2) is 6.10. The Kier molecular flexibility index (Phi) is 4.76.